The zero-order valence-corrected chi connectivity index (χ0v) is 13.7. The summed E-state index contributed by atoms with van der Waals surface area (Å²) >= 11 is 1.61. The van der Waals surface area contributed by atoms with Crippen molar-refractivity contribution in [1.29, 1.82) is 0 Å². The molecule has 0 saturated heterocycles. The van der Waals surface area contributed by atoms with E-state index in [1.165, 1.54) is 5.56 Å². The molecule has 0 bridgehead atoms. The molecule has 0 heterocycles. The van der Waals surface area contributed by atoms with Gasteiger partial charge in [0, 0.05) is 10.5 Å². The minimum atomic E-state index is 0.0199. The van der Waals surface area contributed by atoms with Gasteiger partial charge < -0.3 is 4.74 Å². The average molecular weight is 300 g/mol. The fourth-order valence-corrected chi connectivity index (χ4v) is 2.76. The van der Waals surface area contributed by atoms with Gasteiger partial charge in [-0.3, -0.25) is 4.79 Å². The van der Waals surface area contributed by atoms with E-state index in [0.29, 0.717) is 0 Å². The highest BCUT2D eigenvalue weighted by molar-refractivity contribution is 7.98. The van der Waals surface area contributed by atoms with Crippen molar-refractivity contribution in [2.24, 2.45) is 0 Å². The van der Waals surface area contributed by atoms with Crippen molar-refractivity contribution < 1.29 is 9.53 Å². The van der Waals surface area contributed by atoms with Crippen molar-refractivity contribution in [3.8, 4) is 5.75 Å². The van der Waals surface area contributed by atoms with E-state index in [9.17, 15) is 4.79 Å². The molecule has 2 nitrogen and oxygen atoms in total. The Hall–Kier alpha value is -1.74. The van der Waals surface area contributed by atoms with Gasteiger partial charge in [0.1, 0.15) is 5.75 Å². The van der Waals surface area contributed by atoms with Gasteiger partial charge in [-0.2, -0.15) is 0 Å². The van der Waals surface area contributed by atoms with Crippen molar-refractivity contribution in [3.63, 3.8) is 0 Å². The number of hydrogen-bond donors (Lipinski definition) is 0. The lowest BCUT2D eigenvalue weighted by atomic mass is 9.98. The molecule has 0 aromatic heterocycles. The molecule has 0 atom stereocenters. The fourth-order valence-electron chi connectivity index (χ4n) is 2.22. The monoisotopic (exact) mass is 300 g/mol. The number of para-hydroxylation sites is 1. The lowest BCUT2D eigenvalue weighted by molar-refractivity contribution is 0.0919. The normalized spacial score (nSPS) is 10.5. The molecule has 0 aliphatic carbocycles. The van der Waals surface area contributed by atoms with E-state index in [2.05, 4.69) is 13.0 Å². The number of aryl methyl sites for hydroxylation is 3. The molecule has 0 radical (unpaired) electrons. The van der Waals surface area contributed by atoms with Crippen LogP contribution in [0, 0.1) is 20.8 Å². The third-order valence-corrected chi connectivity index (χ3v) is 4.35. The Balaban J connectivity index is 2.14. The first-order chi connectivity index (χ1) is 10.0. The Bertz CT molecular complexity index is 662. The van der Waals surface area contributed by atoms with E-state index < -0.39 is 0 Å². The van der Waals surface area contributed by atoms with Crippen LogP contribution in [-0.2, 0) is 0 Å². The number of carbonyl (C=O) groups excluding carboxylic acids is 1. The maximum absolute atomic E-state index is 12.4. The predicted molar refractivity (Wildman–Crippen MR) is 88.7 cm³/mol. The number of hydrogen-bond acceptors (Lipinski definition) is 3. The van der Waals surface area contributed by atoms with Crippen molar-refractivity contribution >= 4 is 17.5 Å². The van der Waals surface area contributed by atoms with E-state index in [-0.39, 0.29) is 12.4 Å². The molecule has 21 heavy (non-hydrogen) atoms. The van der Waals surface area contributed by atoms with Crippen molar-refractivity contribution in [2.75, 3.05) is 12.9 Å². The maximum Gasteiger partial charge on any atom is 0.200 e. The average Bonchev–Trinajstić information content (AvgIpc) is 2.48. The lowest BCUT2D eigenvalue weighted by Crippen LogP contribution is -2.13. The number of rotatable bonds is 5. The molecule has 2 aromatic carbocycles. The van der Waals surface area contributed by atoms with Gasteiger partial charge >= 0.3 is 0 Å². The predicted octanol–water partition coefficient (Wildman–Crippen LogP) is 4.60. The van der Waals surface area contributed by atoms with Gasteiger partial charge in [0.05, 0.1) is 0 Å². The summed E-state index contributed by atoms with van der Waals surface area (Å²) in [4.78, 5) is 13.4. The zero-order valence-electron chi connectivity index (χ0n) is 12.9. The van der Waals surface area contributed by atoms with Gasteiger partial charge in [0.2, 0.25) is 0 Å². The maximum atomic E-state index is 12.4. The van der Waals surface area contributed by atoms with Crippen molar-refractivity contribution in [3.05, 3.63) is 58.7 Å². The molecular formula is C18H20O2S. The molecule has 0 unspecified atom stereocenters. The number of thioether (sulfide) groups is 1. The van der Waals surface area contributed by atoms with Crippen LogP contribution in [0.2, 0.25) is 0 Å². The van der Waals surface area contributed by atoms with Crippen molar-refractivity contribution in [2.45, 2.75) is 25.7 Å². The second-order valence-electron chi connectivity index (χ2n) is 5.11. The van der Waals surface area contributed by atoms with Gasteiger partial charge in [-0.05, 0) is 61.9 Å². The Kier molecular flexibility index (Phi) is 5.07. The van der Waals surface area contributed by atoms with Crippen LogP contribution in [-0.4, -0.2) is 18.6 Å². The van der Waals surface area contributed by atoms with E-state index in [4.69, 9.17) is 4.74 Å². The standard InChI is InChI=1S/C18H20O2S/c1-12-9-14(3)15(10-13(12)2)16(19)11-20-17-7-5-6-8-18(17)21-4/h5-10H,11H2,1-4H3. The molecule has 0 amide bonds. The minimum absolute atomic E-state index is 0.0199. The molecule has 0 aliphatic rings. The molecule has 2 rings (SSSR count). The summed E-state index contributed by atoms with van der Waals surface area (Å²) in [6, 6.07) is 11.8. The van der Waals surface area contributed by atoms with Crippen LogP contribution in [0.15, 0.2) is 41.3 Å². The Morgan fingerprint density at radius 1 is 1.05 bits per heavy atom. The van der Waals surface area contributed by atoms with Crippen molar-refractivity contribution in [1.82, 2.24) is 0 Å². The first kappa shape index (κ1) is 15.6. The van der Waals surface area contributed by atoms with Crippen LogP contribution in [0.3, 0.4) is 0 Å². The highest BCUT2D eigenvalue weighted by Gasteiger charge is 2.12. The van der Waals surface area contributed by atoms with Gasteiger partial charge in [-0.25, -0.2) is 0 Å². The molecule has 0 fully saturated rings. The number of ketones is 1. The summed E-state index contributed by atoms with van der Waals surface area (Å²) in [5, 5.41) is 0. The third-order valence-electron chi connectivity index (χ3n) is 3.57. The largest absolute Gasteiger partial charge is 0.484 e. The van der Waals surface area contributed by atoms with E-state index in [1.807, 2.05) is 50.4 Å². The molecule has 0 spiro atoms. The SMILES string of the molecule is CSc1ccccc1OCC(=O)c1cc(C)c(C)cc1C. The number of ether oxygens (including phenoxy) is 1. The van der Waals surface area contributed by atoms with Crippen LogP contribution in [0.25, 0.3) is 0 Å². The first-order valence-electron chi connectivity index (χ1n) is 6.89. The molecule has 2 aromatic rings. The van der Waals surface area contributed by atoms with Crippen LogP contribution < -0.4 is 4.74 Å². The molecule has 3 heteroatoms. The number of carbonyl (C=O) groups is 1. The minimum Gasteiger partial charge on any atom is -0.484 e. The second kappa shape index (κ2) is 6.81. The van der Waals surface area contributed by atoms with Crippen LogP contribution >= 0.6 is 11.8 Å². The van der Waals surface area contributed by atoms with Crippen LogP contribution in [0.4, 0.5) is 0 Å². The lowest BCUT2D eigenvalue weighted by Gasteiger charge is -2.11. The highest BCUT2D eigenvalue weighted by atomic mass is 32.2. The number of benzene rings is 2. The Labute approximate surface area is 130 Å². The summed E-state index contributed by atoms with van der Waals surface area (Å²) in [5.41, 5.74) is 4.09. The van der Waals surface area contributed by atoms with Crippen LogP contribution in [0.1, 0.15) is 27.0 Å². The summed E-state index contributed by atoms with van der Waals surface area (Å²) < 4.78 is 5.70. The van der Waals surface area contributed by atoms with E-state index in [1.54, 1.807) is 11.8 Å². The summed E-state index contributed by atoms with van der Waals surface area (Å²) in [5.74, 6) is 0.784. The van der Waals surface area contributed by atoms with Gasteiger partial charge in [0.15, 0.2) is 12.4 Å². The topological polar surface area (TPSA) is 26.3 Å². The summed E-state index contributed by atoms with van der Waals surface area (Å²) in [7, 11) is 0. The van der Waals surface area contributed by atoms with E-state index >= 15 is 0 Å². The Morgan fingerprint density at radius 3 is 2.43 bits per heavy atom. The van der Waals surface area contributed by atoms with E-state index in [0.717, 1.165) is 27.3 Å². The third kappa shape index (κ3) is 3.67. The fraction of sp³-hybridized carbons (Fsp3) is 0.278. The second-order valence-corrected chi connectivity index (χ2v) is 5.96. The summed E-state index contributed by atoms with van der Waals surface area (Å²) in [6.45, 7) is 6.12. The zero-order chi connectivity index (χ0) is 15.4. The molecule has 110 valence electrons. The molecule has 0 saturated carbocycles. The molecule has 0 N–H and O–H groups in total. The van der Waals surface area contributed by atoms with Gasteiger partial charge in [-0.1, -0.05) is 18.2 Å². The first-order valence-corrected chi connectivity index (χ1v) is 8.12. The summed E-state index contributed by atoms with van der Waals surface area (Å²) in [6.07, 6.45) is 2.00. The Morgan fingerprint density at radius 2 is 1.71 bits per heavy atom. The molecular weight excluding hydrogens is 280 g/mol. The quantitative estimate of drug-likeness (QED) is 0.596. The van der Waals surface area contributed by atoms with Crippen LogP contribution in [0.5, 0.6) is 5.75 Å². The van der Waals surface area contributed by atoms with Gasteiger partial charge in [0.25, 0.3) is 0 Å². The van der Waals surface area contributed by atoms with Gasteiger partial charge in [-0.15, -0.1) is 11.8 Å². The highest BCUT2D eigenvalue weighted by Crippen LogP contribution is 2.27. The number of Topliss-reactive ketones (excluding diaryl/α,β-unsaturated/α-hetero) is 1. The molecule has 0 aliphatic heterocycles. The smallest absolute Gasteiger partial charge is 0.200 e.